The molecule has 0 heterocycles. The molecule has 0 unspecified atom stereocenters. The molecule has 0 fully saturated rings. The summed E-state index contributed by atoms with van der Waals surface area (Å²) in [6, 6.07) is 0. The maximum atomic E-state index is 0. The van der Waals surface area contributed by atoms with Gasteiger partial charge >= 0.3 is 34.1 Å². The molecule has 0 spiro atoms. The van der Waals surface area contributed by atoms with Gasteiger partial charge in [0.25, 0.3) is 0 Å². The zero-order valence-corrected chi connectivity index (χ0v) is 18.8. The van der Waals surface area contributed by atoms with Gasteiger partial charge in [-0.15, -0.1) is 0 Å². The Labute approximate surface area is 194 Å². The third kappa shape index (κ3) is 137. The van der Waals surface area contributed by atoms with Crippen LogP contribution in [-0.2, 0) is 198 Å². The Bertz CT molecular complexity index is 15.6. The predicted molar refractivity (Wildman–Crippen MR) is 66.3 cm³/mol. The Morgan fingerprint density at radius 3 is 0.231 bits per heavy atom. The molecule has 0 saturated carbocycles. The molecule has 0 aromatic carbocycles. The summed E-state index contributed by atoms with van der Waals surface area (Å²) in [6.45, 7) is 0. The molecular weight excluding hydrogens is 592 g/mol. The summed E-state index contributed by atoms with van der Waals surface area (Å²) in [7, 11) is 0. The molecule has 0 aromatic heterocycles. The standard InChI is InChI=1S/2Fe.2Mo.9S/q2*+3;;;9*-2. The van der Waals surface area contributed by atoms with E-state index in [1.165, 1.54) is 0 Å². The Morgan fingerprint density at radius 1 is 0.231 bits per heavy atom. The van der Waals surface area contributed by atoms with Gasteiger partial charge < -0.3 is 121 Å². The van der Waals surface area contributed by atoms with Crippen LogP contribution in [0.25, 0.3) is 0 Å². The molecule has 0 bridgehead atoms. The second-order valence-corrected chi connectivity index (χ2v) is 0. The SMILES string of the molecule is [Fe+3].[Fe+3].[Mo].[Mo].[S-2].[S-2].[S-2].[S-2].[S-2].[S-2].[S-2].[S-2].[S-2]. The van der Waals surface area contributed by atoms with E-state index in [0.29, 0.717) is 0 Å². The minimum Gasteiger partial charge on any atom is -2.00 e. The monoisotopic (exact) mass is 595 g/mol. The van der Waals surface area contributed by atoms with Crippen LogP contribution >= 0.6 is 0 Å². The molecule has 0 saturated heterocycles. The maximum Gasteiger partial charge on any atom is 3.00 e. The molecule has 0 rings (SSSR count). The predicted octanol–water partition coefficient (Wildman–Crippen LogP) is -0.0316. The van der Waals surface area contributed by atoms with Crippen LogP contribution in [0.2, 0.25) is 0 Å². The second kappa shape index (κ2) is 156. The zero-order chi connectivity index (χ0) is 0. The van der Waals surface area contributed by atoms with Gasteiger partial charge in [-0.1, -0.05) is 0 Å². The average molecular weight is 592 g/mol. The van der Waals surface area contributed by atoms with Gasteiger partial charge in [-0.25, -0.2) is 0 Å². The average Bonchev–Trinajstić information content (AvgIpc) is 0. The summed E-state index contributed by atoms with van der Waals surface area (Å²) in [4.78, 5) is 0. The van der Waals surface area contributed by atoms with Crippen LogP contribution in [0.4, 0.5) is 0 Å². The van der Waals surface area contributed by atoms with Gasteiger partial charge in [0, 0.05) is 42.1 Å². The van der Waals surface area contributed by atoms with Gasteiger partial charge in [-0.05, 0) is 0 Å². The molecular formula is Fe2Mo2S9-12. The first-order valence-corrected chi connectivity index (χ1v) is 0. The largest absolute Gasteiger partial charge is 3.00 e. The van der Waals surface area contributed by atoms with Crippen molar-refractivity contribution >= 4 is 121 Å². The maximum absolute atomic E-state index is 0. The molecule has 0 aliphatic carbocycles. The van der Waals surface area contributed by atoms with Crippen LogP contribution in [-0.4, -0.2) is 0 Å². The fourth-order valence-corrected chi connectivity index (χ4v) is 0. The fourth-order valence-electron chi connectivity index (χ4n) is 0. The molecule has 0 aliphatic heterocycles. The summed E-state index contributed by atoms with van der Waals surface area (Å²) < 4.78 is 0. The van der Waals surface area contributed by atoms with E-state index in [2.05, 4.69) is 0 Å². The van der Waals surface area contributed by atoms with Gasteiger partial charge in [0.2, 0.25) is 0 Å². The van der Waals surface area contributed by atoms with Crippen molar-refractivity contribution in [3.63, 3.8) is 0 Å². The van der Waals surface area contributed by atoms with E-state index in [4.69, 9.17) is 0 Å². The van der Waals surface area contributed by atoms with Crippen molar-refractivity contribution in [3.8, 4) is 0 Å². The first kappa shape index (κ1) is 185. The van der Waals surface area contributed by atoms with E-state index >= 15 is 0 Å². The summed E-state index contributed by atoms with van der Waals surface area (Å²) >= 11 is 0. The minimum atomic E-state index is 0. The molecule has 0 aliphatic rings. The van der Waals surface area contributed by atoms with Crippen LogP contribution in [0.15, 0.2) is 0 Å². The Kier molecular flexibility index (Phi) is 2210. The topological polar surface area (TPSA) is 0 Å². The molecule has 0 aromatic rings. The van der Waals surface area contributed by atoms with Crippen molar-refractivity contribution in [3.05, 3.63) is 0 Å². The van der Waals surface area contributed by atoms with E-state index in [-0.39, 0.29) is 198 Å². The fraction of sp³-hybridized carbons (Fsp3) is 0. The van der Waals surface area contributed by atoms with Gasteiger partial charge in [-0.3, -0.25) is 0 Å². The first-order chi connectivity index (χ1) is 0. The Balaban J connectivity index is 0. The molecule has 13 heavy (non-hydrogen) atoms. The summed E-state index contributed by atoms with van der Waals surface area (Å²) in [5.41, 5.74) is 0. The van der Waals surface area contributed by atoms with Crippen molar-refractivity contribution in [2.24, 2.45) is 0 Å². The number of rotatable bonds is 0. The summed E-state index contributed by atoms with van der Waals surface area (Å²) in [5, 5.41) is 0. The van der Waals surface area contributed by atoms with Gasteiger partial charge in [-0.2, -0.15) is 0 Å². The van der Waals surface area contributed by atoms with Gasteiger partial charge in [0.05, 0.1) is 0 Å². The van der Waals surface area contributed by atoms with Crippen molar-refractivity contribution < 1.29 is 76.3 Å². The van der Waals surface area contributed by atoms with Crippen LogP contribution < -0.4 is 0 Å². The van der Waals surface area contributed by atoms with Crippen LogP contribution in [0.1, 0.15) is 0 Å². The quantitative estimate of drug-likeness (QED) is 0.347. The van der Waals surface area contributed by atoms with Gasteiger partial charge in [0.1, 0.15) is 0 Å². The normalized spacial score (nSPS) is 0. The molecule has 0 amide bonds. The smallest absolute Gasteiger partial charge is 2.00 e. The van der Waals surface area contributed by atoms with E-state index in [0.717, 1.165) is 0 Å². The molecule has 0 N–H and O–H groups in total. The molecule has 13 heteroatoms. The van der Waals surface area contributed by atoms with Gasteiger partial charge in [0.15, 0.2) is 0 Å². The molecule has 0 atom stereocenters. The van der Waals surface area contributed by atoms with E-state index in [9.17, 15) is 0 Å². The Morgan fingerprint density at radius 2 is 0.231 bits per heavy atom. The van der Waals surface area contributed by atoms with E-state index in [1.807, 2.05) is 0 Å². The van der Waals surface area contributed by atoms with Crippen LogP contribution in [0.3, 0.4) is 0 Å². The number of hydrogen-bond acceptors (Lipinski definition) is 0. The Hall–Kier alpha value is 5.57. The molecule has 2 radical (unpaired) electrons. The van der Waals surface area contributed by atoms with Crippen molar-refractivity contribution in [2.45, 2.75) is 0 Å². The second-order valence-electron chi connectivity index (χ2n) is 0. The van der Waals surface area contributed by atoms with E-state index in [1.54, 1.807) is 0 Å². The molecule has 94 valence electrons. The minimum absolute atomic E-state index is 0. The zero-order valence-electron chi connectivity index (χ0n) is 5.20. The van der Waals surface area contributed by atoms with Crippen LogP contribution in [0.5, 0.6) is 0 Å². The van der Waals surface area contributed by atoms with E-state index < -0.39 is 0 Å². The van der Waals surface area contributed by atoms with Crippen molar-refractivity contribution in [1.29, 1.82) is 0 Å². The van der Waals surface area contributed by atoms with Crippen molar-refractivity contribution in [1.82, 2.24) is 0 Å². The summed E-state index contributed by atoms with van der Waals surface area (Å²) in [6.07, 6.45) is 0. The number of hydrogen-bond donors (Lipinski definition) is 0. The summed E-state index contributed by atoms with van der Waals surface area (Å²) in [5.74, 6) is 0. The van der Waals surface area contributed by atoms with Crippen molar-refractivity contribution in [2.75, 3.05) is 0 Å². The third-order valence-corrected chi connectivity index (χ3v) is 0. The van der Waals surface area contributed by atoms with Crippen LogP contribution in [0, 0.1) is 0 Å². The third-order valence-electron chi connectivity index (χ3n) is 0. The molecule has 0 nitrogen and oxygen atoms in total. The first-order valence-electron chi connectivity index (χ1n) is 0.